The van der Waals surface area contributed by atoms with Gasteiger partial charge in [-0.1, -0.05) is 52.8 Å². The summed E-state index contributed by atoms with van der Waals surface area (Å²) in [4.78, 5) is 17.0. The van der Waals surface area contributed by atoms with Gasteiger partial charge in [0, 0.05) is 23.0 Å². The average Bonchev–Trinajstić information content (AvgIpc) is 2.92. The van der Waals surface area contributed by atoms with Crippen molar-refractivity contribution in [1.29, 1.82) is 0 Å². The molecular formula is C20H20BrN3O. The van der Waals surface area contributed by atoms with Crippen molar-refractivity contribution in [2.24, 2.45) is 0 Å². The number of nitrogens with zero attached hydrogens (tertiary/aromatic N) is 2. The van der Waals surface area contributed by atoms with Crippen LogP contribution < -0.4 is 5.32 Å². The molecule has 0 fully saturated rings. The van der Waals surface area contributed by atoms with Crippen molar-refractivity contribution in [1.82, 2.24) is 14.9 Å². The molecule has 0 saturated heterocycles. The van der Waals surface area contributed by atoms with Gasteiger partial charge in [-0.15, -0.1) is 0 Å². The highest BCUT2D eigenvalue weighted by molar-refractivity contribution is 9.11. The van der Waals surface area contributed by atoms with Gasteiger partial charge in [-0.25, -0.2) is 4.98 Å². The van der Waals surface area contributed by atoms with Gasteiger partial charge >= 0.3 is 0 Å². The molecule has 1 heterocycles. The van der Waals surface area contributed by atoms with Crippen LogP contribution in [0.2, 0.25) is 0 Å². The minimum atomic E-state index is -0.0503. The SMILES string of the molecule is C=C(Br)Cn1c(CCNC(=O)c2ccccc2C)nc2ccccc21. The van der Waals surface area contributed by atoms with Crippen LogP contribution in [0.4, 0.5) is 0 Å². The van der Waals surface area contributed by atoms with Crippen molar-refractivity contribution in [2.45, 2.75) is 19.9 Å². The number of para-hydroxylation sites is 2. The van der Waals surface area contributed by atoms with E-state index in [1.54, 1.807) is 0 Å². The summed E-state index contributed by atoms with van der Waals surface area (Å²) >= 11 is 3.43. The van der Waals surface area contributed by atoms with Gasteiger partial charge in [0.1, 0.15) is 5.82 Å². The second-order valence-corrected chi connectivity index (χ2v) is 7.06. The Hall–Kier alpha value is -2.40. The Kier molecular flexibility index (Phi) is 5.34. The first-order valence-corrected chi connectivity index (χ1v) is 8.97. The largest absolute Gasteiger partial charge is 0.352 e. The van der Waals surface area contributed by atoms with E-state index in [0.717, 1.165) is 26.9 Å². The van der Waals surface area contributed by atoms with E-state index in [9.17, 15) is 4.79 Å². The second kappa shape index (κ2) is 7.66. The van der Waals surface area contributed by atoms with Crippen molar-refractivity contribution in [3.05, 3.63) is 76.5 Å². The Labute approximate surface area is 155 Å². The molecule has 25 heavy (non-hydrogen) atoms. The summed E-state index contributed by atoms with van der Waals surface area (Å²) in [5.41, 5.74) is 3.72. The van der Waals surface area contributed by atoms with E-state index in [1.807, 2.05) is 55.5 Å². The van der Waals surface area contributed by atoms with E-state index in [1.165, 1.54) is 0 Å². The number of nitrogens with one attached hydrogen (secondary N) is 1. The zero-order valence-corrected chi connectivity index (χ0v) is 15.7. The van der Waals surface area contributed by atoms with Crippen LogP contribution in [0.5, 0.6) is 0 Å². The summed E-state index contributed by atoms with van der Waals surface area (Å²) in [7, 11) is 0. The number of allylic oxidation sites excluding steroid dienone is 1. The number of carbonyl (C=O) groups is 1. The molecule has 1 N–H and O–H groups in total. The third-order valence-corrected chi connectivity index (χ3v) is 4.34. The summed E-state index contributed by atoms with van der Waals surface area (Å²) in [6.07, 6.45) is 0.659. The number of aromatic nitrogens is 2. The van der Waals surface area contributed by atoms with Gasteiger partial charge in [0.05, 0.1) is 17.6 Å². The van der Waals surface area contributed by atoms with Crippen LogP contribution in [-0.2, 0) is 13.0 Å². The summed E-state index contributed by atoms with van der Waals surface area (Å²) in [5.74, 6) is 0.887. The summed E-state index contributed by atoms with van der Waals surface area (Å²) < 4.78 is 3.02. The van der Waals surface area contributed by atoms with Gasteiger partial charge < -0.3 is 9.88 Å². The van der Waals surface area contributed by atoms with Gasteiger partial charge in [-0.2, -0.15) is 0 Å². The fourth-order valence-corrected chi connectivity index (χ4v) is 3.13. The predicted octanol–water partition coefficient (Wildman–Crippen LogP) is 4.23. The molecule has 0 aliphatic heterocycles. The smallest absolute Gasteiger partial charge is 0.251 e. The number of halogens is 1. The number of amides is 1. The van der Waals surface area contributed by atoms with E-state index in [4.69, 9.17) is 4.98 Å². The van der Waals surface area contributed by atoms with Gasteiger partial charge in [0.25, 0.3) is 5.91 Å². The third-order valence-electron chi connectivity index (χ3n) is 4.09. The monoisotopic (exact) mass is 397 g/mol. The lowest BCUT2D eigenvalue weighted by atomic mass is 10.1. The minimum absolute atomic E-state index is 0.0503. The lowest BCUT2D eigenvalue weighted by molar-refractivity contribution is 0.0953. The van der Waals surface area contributed by atoms with Crippen LogP contribution in [0.1, 0.15) is 21.7 Å². The molecule has 2 aromatic carbocycles. The van der Waals surface area contributed by atoms with Crippen LogP contribution in [0, 0.1) is 6.92 Å². The first-order chi connectivity index (χ1) is 12.1. The zero-order valence-electron chi connectivity index (χ0n) is 14.1. The lowest BCUT2D eigenvalue weighted by Crippen LogP contribution is -2.27. The first-order valence-electron chi connectivity index (χ1n) is 8.17. The first kappa shape index (κ1) is 17.4. The second-order valence-electron chi connectivity index (χ2n) is 5.94. The predicted molar refractivity (Wildman–Crippen MR) is 105 cm³/mol. The van der Waals surface area contributed by atoms with Gasteiger partial charge in [-0.3, -0.25) is 4.79 Å². The van der Waals surface area contributed by atoms with Crippen molar-refractivity contribution >= 4 is 32.9 Å². The molecule has 0 unspecified atom stereocenters. The topological polar surface area (TPSA) is 46.9 Å². The molecule has 1 amide bonds. The van der Waals surface area contributed by atoms with Gasteiger partial charge in [0.2, 0.25) is 0 Å². The number of hydrogen-bond acceptors (Lipinski definition) is 2. The highest BCUT2D eigenvalue weighted by Crippen LogP contribution is 2.19. The van der Waals surface area contributed by atoms with Crippen molar-refractivity contribution in [3.8, 4) is 0 Å². The Morgan fingerprint density at radius 3 is 2.68 bits per heavy atom. The Morgan fingerprint density at radius 2 is 1.92 bits per heavy atom. The molecular weight excluding hydrogens is 378 g/mol. The van der Waals surface area contributed by atoms with E-state index in [-0.39, 0.29) is 5.91 Å². The van der Waals surface area contributed by atoms with E-state index in [2.05, 4.69) is 32.4 Å². The molecule has 128 valence electrons. The van der Waals surface area contributed by atoms with Gasteiger partial charge in [-0.05, 0) is 30.7 Å². The van der Waals surface area contributed by atoms with Crippen LogP contribution >= 0.6 is 15.9 Å². The maximum absolute atomic E-state index is 12.3. The molecule has 5 heteroatoms. The summed E-state index contributed by atoms with van der Waals surface area (Å²) in [5, 5.41) is 2.99. The molecule has 0 radical (unpaired) electrons. The molecule has 0 aliphatic rings. The molecule has 0 saturated carbocycles. The maximum Gasteiger partial charge on any atom is 0.251 e. The van der Waals surface area contributed by atoms with E-state index in [0.29, 0.717) is 25.1 Å². The standard InChI is InChI=1S/C20H20BrN3O/c1-14-7-3-4-8-16(14)20(25)22-12-11-19-23-17-9-5-6-10-18(17)24(19)13-15(2)21/h3-10H,2,11-13H2,1H3,(H,22,25). The summed E-state index contributed by atoms with van der Waals surface area (Å²) in [6.45, 7) is 7.06. The Balaban J connectivity index is 1.74. The van der Waals surface area contributed by atoms with Crippen LogP contribution in [0.15, 0.2) is 59.6 Å². The maximum atomic E-state index is 12.3. The number of carbonyl (C=O) groups excluding carboxylic acids is 1. The van der Waals surface area contributed by atoms with Crippen molar-refractivity contribution in [2.75, 3.05) is 6.54 Å². The number of rotatable bonds is 6. The molecule has 0 spiro atoms. The quantitative estimate of drug-likeness (QED) is 0.676. The van der Waals surface area contributed by atoms with Crippen LogP contribution in [0.25, 0.3) is 11.0 Å². The van der Waals surface area contributed by atoms with E-state index >= 15 is 0 Å². The average molecular weight is 398 g/mol. The number of imidazole rings is 1. The summed E-state index contributed by atoms with van der Waals surface area (Å²) in [6, 6.07) is 15.6. The van der Waals surface area contributed by atoms with E-state index < -0.39 is 0 Å². The highest BCUT2D eigenvalue weighted by Gasteiger charge is 2.12. The van der Waals surface area contributed by atoms with Gasteiger partial charge in [0.15, 0.2) is 0 Å². The molecule has 3 aromatic rings. The Morgan fingerprint density at radius 1 is 1.20 bits per heavy atom. The molecule has 3 rings (SSSR count). The number of aryl methyl sites for hydroxylation is 1. The number of benzene rings is 2. The fourth-order valence-electron chi connectivity index (χ4n) is 2.87. The van der Waals surface area contributed by atoms with Crippen molar-refractivity contribution in [3.63, 3.8) is 0 Å². The highest BCUT2D eigenvalue weighted by atomic mass is 79.9. The number of hydrogen-bond donors (Lipinski definition) is 1. The van der Waals surface area contributed by atoms with Crippen LogP contribution in [-0.4, -0.2) is 22.0 Å². The van der Waals surface area contributed by atoms with Crippen molar-refractivity contribution < 1.29 is 4.79 Å². The molecule has 0 atom stereocenters. The molecule has 0 aliphatic carbocycles. The van der Waals surface area contributed by atoms with Crippen LogP contribution in [0.3, 0.4) is 0 Å². The minimum Gasteiger partial charge on any atom is -0.352 e. The third kappa shape index (κ3) is 3.99. The molecule has 0 bridgehead atoms. The Bertz CT molecular complexity index is 930. The fraction of sp³-hybridized carbons (Fsp3) is 0.200. The molecule has 1 aromatic heterocycles. The normalized spacial score (nSPS) is 10.8. The lowest BCUT2D eigenvalue weighted by Gasteiger charge is -2.10. The zero-order chi connectivity index (χ0) is 17.8. The number of fused-ring (bicyclic) bond motifs is 1. The molecule has 4 nitrogen and oxygen atoms in total.